The quantitative estimate of drug-likeness (QED) is 0.708. The Morgan fingerprint density at radius 3 is 3.25 bits per heavy atom. The molecule has 12 heavy (non-hydrogen) atoms. The fraction of sp³-hybridized carbons (Fsp3) is 0.600. The van der Waals surface area contributed by atoms with Crippen molar-refractivity contribution >= 4 is 11.3 Å². The Balaban J connectivity index is 2.29. The van der Waals surface area contributed by atoms with Gasteiger partial charge in [-0.05, 0) is 35.8 Å². The van der Waals surface area contributed by atoms with Crippen molar-refractivity contribution in [3.8, 4) is 0 Å². The number of nitrogens with two attached hydrogens (primary N) is 1. The minimum Gasteiger partial charge on any atom is -0.324 e. The number of fused-ring (bicyclic) bond motifs is 1. The summed E-state index contributed by atoms with van der Waals surface area (Å²) >= 11 is 1.86. The van der Waals surface area contributed by atoms with E-state index in [0.717, 1.165) is 0 Å². The number of hydrogen-bond donors (Lipinski definition) is 1. The summed E-state index contributed by atoms with van der Waals surface area (Å²) < 4.78 is 0. The van der Waals surface area contributed by atoms with Crippen molar-refractivity contribution < 1.29 is 0 Å². The van der Waals surface area contributed by atoms with Gasteiger partial charge in [0.2, 0.25) is 0 Å². The molecule has 0 amide bonds. The molecule has 2 atom stereocenters. The van der Waals surface area contributed by atoms with Crippen molar-refractivity contribution in [2.24, 2.45) is 11.7 Å². The highest BCUT2D eigenvalue weighted by atomic mass is 32.1. The number of rotatable bonds is 1. The second kappa shape index (κ2) is 3.19. The predicted octanol–water partition coefficient (Wildman–Crippen LogP) is 2.72. The van der Waals surface area contributed by atoms with Gasteiger partial charge in [0.25, 0.3) is 0 Å². The zero-order valence-electron chi connectivity index (χ0n) is 7.42. The van der Waals surface area contributed by atoms with Crippen molar-refractivity contribution in [3.05, 3.63) is 21.9 Å². The lowest BCUT2D eigenvalue weighted by atomic mass is 9.83. The van der Waals surface area contributed by atoms with Crippen LogP contribution in [0.15, 0.2) is 11.4 Å². The van der Waals surface area contributed by atoms with Crippen LogP contribution in [0.1, 0.15) is 36.2 Å². The minimum absolute atomic E-state index is 0.310. The fourth-order valence-electron chi connectivity index (χ4n) is 2.06. The van der Waals surface area contributed by atoms with Crippen LogP contribution in [0.3, 0.4) is 0 Å². The predicted molar refractivity (Wildman–Crippen MR) is 53.3 cm³/mol. The van der Waals surface area contributed by atoms with Gasteiger partial charge in [-0.15, -0.1) is 11.3 Å². The molecule has 1 aromatic rings. The van der Waals surface area contributed by atoms with Gasteiger partial charge in [-0.25, -0.2) is 0 Å². The Morgan fingerprint density at radius 2 is 2.50 bits per heavy atom. The lowest BCUT2D eigenvalue weighted by Gasteiger charge is -2.27. The average Bonchev–Trinajstić information content (AvgIpc) is 2.53. The minimum atomic E-state index is 0.310. The van der Waals surface area contributed by atoms with Crippen molar-refractivity contribution in [3.63, 3.8) is 0 Å². The maximum Gasteiger partial charge on any atom is 0.0334 e. The van der Waals surface area contributed by atoms with Gasteiger partial charge < -0.3 is 5.73 Å². The van der Waals surface area contributed by atoms with Gasteiger partial charge in [0.1, 0.15) is 0 Å². The van der Waals surface area contributed by atoms with Crippen LogP contribution in [0.5, 0.6) is 0 Å². The highest BCUT2D eigenvalue weighted by Crippen LogP contribution is 2.36. The zero-order valence-corrected chi connectivity index (χ0v) is 8.23. The second-order valence-electron chi connectivity index (χ2n) is 3.53. The lowest BCUT2D eigenvalue weighted by molar-refractivity contribution is 0.371. The van der Waals surface area contributed by atoms with E-state index in [-0.39, 0.29) is 0 Å². The molecule has 1 nitrogen and oxygen atoms in total. The van der Waals surface area contributed by atoms with E-state index >= 15 is 0 Å². The van der Waals surface area contributed by atoms with Gasteiger partial charge in [0.05, 0.1) is 0 Å². The molecular weight excluding hydrogens is 166 g/mol. The molecule has 1 aromatic heterocycles. The van der Waals surface area contributed by atoms with Crippen LogP contribution in [-0.2, 0) is 6.42 Å². The highest BCUT2D eigenvalue weighted by Gasteiger charge is 2.25. The van der Waals surface area contributed by atoms with E-state index < -0.39 is 0 Å². The van der Waals surface area contributed by atoms with Gasteiger partial charge in [0, 0.05) is 10.9 Å². The van der Waals surface area contributed by atoms with Crippen molar-refractivity contribution in [2.45, 2.75) is 32.2 Å². The standard InChI is InChI=1S/C10H15NS/c1-2-7-3-4-9-8(10(7)11)5-6-12-9/h5-7,10H,2-4,11H2,1H3/t7-,10-/m0/s1. The summed E-state index contributed by atoms with van der Waals surface area (Å²) in [7, 11) is 0. The molecule has 1 aliphatic carbocycles. The summed E-state index contributed by atoms with van der Waals surface area (Å²) in [5.41, 5.74) is 7.57. The summed E-state index contributed by atoms with van der Waals surface area (Å²) in [5, 5.41) is 2.17. The normalized spacial score (nSPS) is 28.5. The van der Waals surface area contributed by atoms with E-state index in [1.54, 1.807) is 0 Å². The summed E-state index contributed by atoms with van der Waals surface area (Å²) in [6.07, 6.45) is 3.75. The fourth-order valence-corrected chi connectivity index (χ4v) is 3.01. The largest absolute Gasteiger partial charge is 0.324 e. The second-order valence-corrected chi connectivity index (χ2v) is 4.53. The third kappa shape index (κ3) is 1.19. The Labute approximate surface area is 77.6 Å². The van der Waals surface area contributed by atoms with Crippen molar-refractivity contribution in [2.75, 3.05) is 0 Å². The first-order valence-corrected chi connectivity index (χ1v) is 5.52. The Morgan fingerprint density at radius 1 is 1.67 bits per heavy atom. The Hall–Kier alpha value is -0.340. The summed E-state index contributed by atoms with van der Waals surface area (Å²) in [5.74, 6) is 0.715. The highest BCUT2D eigenvalue weighted by molar-refractivity contribution is 7.10. The molecule has 2 heteroatoms. The zero-order chi connectivity index (χ0) is 8.55. The lowest BCUT2D eigenvalue weighted by Crippen LogP contribution is -2.25. The molecule has 1 aliphatic rings. The Bertz CT molecular complexity index is 267. The third-order valence-electron chi connectivity index (χ3n) is 2.91. The molecule has 0 spiro atoms. The van der Waals surface area contributed by atoms with Crippen molar-refractivity contribution in [1.29, 1.82) is 0 Å². The van der Waals surface area contributed by atoms with Crippen LogP contribution in [0.2, 0.25) is 0 Å². The van der Waals surface area contributed by atoms with Gasteiger partial charge in [0.15, 0.2) is 0 Å². The molecule has 2 rings (SSSR count). The summed E-state index contributed by atoms with van der Waals surface area (Å²) in [6, 6.07) is 2.51. The first-order valence-electron chi connectivity index (χ1n) is 4.64. The van der Waals surface area contributed by atoms with Crippen LogP contribution < -0.4 is 5.73 Å². The van der Waals surface area contributed by atoms with Crippen LogP contribution in [0, 0.1) is 5.92 Å². The maximum absolute atomic E-state index is 6.15. The Kier molecular flexibility index (Phi) is 2.20. The van der Waals surface area contributed by atoms with E-state index in [1.807, 2.05) is 11.3 Å². The molecule has 66 valence electrons. The van der Waals surface area contributed by atoms with Crippen LogP contribution >= 0.6 is 11.3 Å². The van der Waals surface area contributed by atoms with Crippen LogP contribution in [-0.4, -0.2) is 0 Å². The SMILES string of the molecule is CC[C@H]1CCc2sccc2[C@H]1N. The maximum atomic E-state index is 6.15. The molecule has 2 N–H and O–H groups in total. The average molecular weight is 181 g/mol. The number of thiophene rings is 1. The molecular formula is C10H15NS. The van der Waals surface area contributed by atoms with Crippen molar-refractivity contribution in [1.82, 2.24) is 0 Å². The molecule has 0 aliphatic heterocycles. The molecule has 0 radical (unpaired) electrons. The molecule has 0 saturated heterocycles. The molecule has 0 aromatic carbocycles. The van der Waals surface area contributed by atoms with E-state index in [4.69, 9.17) is 5.73 Å². The van der Waals surface area contributed by atoms with E-state index in [1.165, 1.54) is 29.7 Å². The first-order chi connectivity index (χ1) is 5.83. The van der Waals surface area contributed by atoms with Crippen LogP contribution in [0.4, 0.5) is 0 Å². The summed E-state index contributed by atoms with van der Waals surface area (Å²) in [6.45, 7) is 2.24. The van der Waals surface area contributed by atoms with Gasteiger partial charge in [-0.3, -0.25) is 0 Å². The van der Waals surface area contributed by atoms with E-state index in [0.29, 0.717) is 12.0 Å². The number of aryl methyl sites for hydroxylation is 1. The number of hydrogen-bond acceptors (Lipinski definition) is 2. The third-order valence-corrected chi connectivity index (χ3v) is 3.91. The summed E-state index contributed by atoms with van der Waals surface area (Å²) in [4.78, 5) is 1.52. The molecule has 0 unspecified atom stereocenters. The molecule has 0 saturated carbocycles. The monoisotopic (exact) mass is 181 g/mol. The van der Waals surface area contributed by atoms with Gasteiger partial charge in [-0.2, -0.15) is 0 Å². The topological polar surface area (TPSA) is 26.0 Å². The first kappa shape index (κ1) is 8.27. The molecule has 0 fully saturated rings. The van der Waals surface area contributed by atoms with Gasteiger partial charge in [-0.1, -0.05) is 13.3 Å². The molecule has 0 bridgehead atoms. The van der Waals surface area contributed by atoms with Gasteiger partial charge >= 0.3 is 0 Å². The van der Waals surface area contributed by atoms with Crippen LogP contribution in [0.25, 0.3) is 0 Å². The van der Waals surface area contributed by atoms with E-state index in [9.17, 15) is 0 Å². The van der Waals surface area contributed by atoms with E-state index in [2.05, 4.69) is 18.4 Å². The molecule has 1 heterocycles. The smallest absolute Gasteiger partial charge is 0.0334 e.